The Balaban J connectivity index is 2.67. The van der Waals surface area contributed by atoms with E-state index in [2.05, 4.69) is 19.2 Å². The predicted octanol–water partition coefficient (Wildman–Crippen LogP) is 1.94. The van der Waals surface area contributed by atoms with Gasteiger partial charge in [-0.25, -0.2) is 0 Å². The fourth-order valence-corrected chi connectivity index (χ4v) is 2.25. The first-order chi connectivity index (χ1) is 8.60. The van der Waals surface area contributed by atoms with Crippen LogP contribution in [0.25, 0.3) is 0 Å². The van der Waals surface area contributed by atoms with Gasteiger partial charge in [0.15, 0.2) is 0 Å². The summed E-state index contributed by atoms with van der Waals surface area (Å²) in [4.78, 5) is 25.9. The standard InChI is InChI=1S/C14H26N2O2/c1-4-6-7-9-16-10-8-12(17)15-13(14(16)18)11(3)5-2/h11,13H,4-10H2,1-3H3,(H,15,17). The number of carbonyl (C=O) groups is 2. The lowest BCUT2D eigenvalue weighted by Crippen LogP contribution is -2.48. The summed E-state index contributed by atoms with van der Waals surface area (Å²) in [6, 6.07) is -0.327. The van der Waals surface area contributed by atoms with E-state index in [-0.39, 0.29) is 23.8 Å². The Labute approximate surface area is 110 Å². The van der Waals surface area contributed by atoms with Crippen molar-refractivity contribution in [3.8, 4) is 0 Å². The first-order valence-corrected chi connectivity index (χ1v) is 7.18. The Morgan fingerprint density at radius 2 is 2.06 bits per heavy atom. The summed E-state index contributed by atoms with van der Waals surface area (Å²) in [6.07, 6.45) is 4.65. The Morgan fingerprint density at radius 1 is 1.33 bits per heavy atom. The van der Waals surface area contributed by atoms with Crippen molar-refractivity contribution in [2.45, 2.75) is 58.9 Å². The first kappa shape index (κ1) is 15.0. The Hall–Kier alpha value is -1.06. The highest BCUT2D eigenvalue weighted by Gasteiger charge is 2.32. The molecule has 0 saturated carbocycles. The molecule has 4 heteroatoms. The lowest BCUT2D eigenvalue weighted by atomic mass is 9.98. The molecule has 1 aliphatic rings. The summed E-state index contributed by atoms with van der Waals surface area (Å²) in [5, 5.41) is 2.87. The number of nitrogens with zero attached hydrogens (tertiary/aromatic N) is 1. The predicted molar refractivity (Wildman–Crippen MR) is 72.1 cm³/mol. The molecule has 2 amide bonds. The monoisotopic (exact) mass is 254 g/mol. The van der Waals surface area contributed by atoms with Crippen LogP contribution in [-0.4, -0.2) is 35.8 Å². The van der Waals surface area contributed by atoms with E-state index < -0.39 is 0 Å². The van der Waals surface area contributed by atoms with Gasteiger partial charge in [0.05, 0.1) is 0 Å². The molecule has 0 aliphatic carbocycles. The van der Waals surface area contributed by atoms with Gasteiger partial charge < -0.3 is 10.2 Å². The van der Waals surface area contributed by atoms with Crippen LogP contribution < -0.4 is 5.32 Å². The van der Waals surface area contributed by atoms with Crippen LogP contribution in [0.1, 0.15) is 52.9 Å². The third kappa shape index (κ3) is 4.00. The average molecular weight is 254 g/mol. The number of hydrogen-bond donors (Lipinski definition) is 1. The number of amides is 2. The lowest BCUT2D eigenvalue weighted by molar-refractivity contribution is -0.135. The van der Waals surface area contributed by atoms with E-state index in [0.717, 1.165) is 32.2 Å². The highest BCUT2D eigenvalue weighted by Crippen LogP contribution is 2.15. The molecule has 1 aliphatic heterocycles. The molecule has 0 aromatic carbocycles. The second-order valence-electron chi connectivity index (χ2n) is 5.21. The van der Waals surface area contributed by atoms with Crippen molar-refractivity contribution >= 4 is 11.8 Å². The van der Waals surface area contributed by atoms with Crippen LogP contribution in [0.3, 0.4) is 0 Å². The maximum Gasteiger partial charge on any atom is 0.245 e. The van der Waals surface area contributed by atoms with E-state index in [1.54, 1.807) is 0 Å². The molecular formula is C14H26N2O2. The summed E-state index contributed by atoms with van der Waals surface area (Å²) in [6.45, 7) is 7.59. The van der Waals surface area contributed by atoms with Crippen molar-refractivity contribution in [1.29, 1.82) is 0 Å². The number of hydrogen-bond acceptors (Lipinski definition) is 2. The fraction of sp³-hybridized carbons (Fsp3) is 0.857. The third-order valence-corrected chi connectivity index (χ3v) is 3.75. The zero-order valence-corrected chi connectivity index (χ0v) is 11.9. The molecule has 0 aromatic heterocycles. The van der Waals surface area contributed by atoms with Crippen LogP contribution in [0.15, 0.2) is 0 Å². The van der Waals surface area contributed by atoms with E-state index in [1.165, 1.54) is 0 Å². The number of carbonyl (C=O) groups excluding carboxylic acids is 2. The van der Waals surface area contributed by atoms with Crippen LogP contribution in [0.4, 0.5) is 0 Å². The van der Waals surface area contributed by atoms with Crippen LogP contribution in [0.5, 0.6) is 0 Å². The quantitative estimate of drug-likeness (QED) is 0.736. The van der Waals surface area contributed by atoms with E-state index >= 15 is 0 Å². The van der Waals surface area contributed by atoms with Gasteiger partial charge in [0.1, 0.15) is 6.04 Å². The summed E-state index contributed by atoms with van der Waals surface area (Å²) in [5.74, 6) is 0.311. The van der Waals surface area contributed by atoms with Crippen LogP contribution in [-0.2, 0) is 9.59 Å². The maximum absolute atomic E-state index is 12.4. The molecule has 1 fully saturated rings. The van der Waals surface area contributed by atoms with E-state index in [4.69, 9.17) is 0 Å². The van der Waals surface area contributed by atoms with Gasteiger partial charge in [0.2, 0.25) is 11.8 Å². The highest BCUT2D eigenvalue weighted by atomic mass is 16.2. The van der Waals surface area contributed by atoms with Crippen LogP contribution in [0, 0.1) is 5.92 Å². The highest BCUT2D eigenvalue weighted by molar-refractivity contribution is 5.90. The molecule has 0 spiro atoms. The number of rotatable bonds is 6. The molecular weight excluding hydrogens is 228 g/mol. The SMILES string of the molecule is CCCCCN1CCC(=O)NC(C(C)CC)C1=O. The summed E-state index contributed by atoms with van der Waals surface area (Å²) in [7, 11) is 0. The largest absolute Gasteiger partial charge is 0.344 e. The van der Waals surface area contributed by atoms with Gasteiger partial charge in [-0.15, -0.1) is 0 Å². The van der Waals surface area contributed by atoms with Gasteiger partial charge in [-0.05, 0) is 12.3 Å². The molecule has 1 heterocycles. The minimum absolute atomic E-state index is 0.00615. The van der Waals surface area contributed by atoms with E-state index in [1.807, 2.05) is 11.8 Å². The van der Waals surface area contributed by atoms with Gasteiger partial charge in [-0.3, -0.25) is 9.59 Å². The molecule has 1 saturated heterocycles. The fourth-order valence-electron chi connectivity index (χ4n) is 2.25. The molecule has 18 heavy (non-hydrogen) atoms. The average Bonchev–Trinajstić information content (AvgIpc) is 2.50. The molecule has 104 valence electrons. The van der Waals surface area contributed by atoms with E-state index in [0.29, 0.717) is 13.0 Å². The molecule has 0 aromatic rings. The molecule has 0 bridgehead atoms. The topological polar surface area (TPSA) is 49.4 Å². The van der Waals surface area contributed by atoms with Crippen molar-refractivity contribution in [1.82, 2.24) is 10.2 Å². The van der Waals surface area contributed by atoms with Crippen LogP contribution in [0.2, 0.25) is 0 Å². The molecule has 4 nitrogen and oxygen atoms in total. The lowest BCUT2D eigenvalue weighted by Gasteiger charge is -2.27. The van der Waals surface area contributed by atoms with Crippen molar-refractivity contribution in [3.63, 3.8) is 0 Å². The van der Waals surface area contributed by atoms with Gasteiger partial charge in [-0.1, -0.05) is 40.0 Å². The zero-order valence-electron chi connectivity index (χ0n) is 11.9. The van der Waals surface area contributed by atoms with Gasteiger partial charge in [0.25, 0.3) is 0 Å². The second-order valence-corrected chi connectivity index (χ2v) is 5.21. The normalized spacial score (nSPS) is 22.6. The molecule has 0 radical (unpaired) electrons. The smallest absolute Gasteiger partial charge is 0.245 e. The maximum atomic E-state index is 12.4. The Kier molecular flexibility index (Phi) is 6.16. The molecule has 2 atom stereocenters. The third-order valence-electron chi connectivity index (χ3n) is 3.75. The minimum Gasteiger partial charge on any atom is -0.344 e. The summed E-state index contributed by atoms with van der Waals surface area (Å²) < 4.78 is 0. The zero-order chi connectivity index (χ0) is 13.5. The van der Waals surface area contributed by atoms with E-state index in [9.17, 15) is 9.59 Å². The minimum atomic E-state index is -0.327. The van der Waals surface area contributed by atoms with Gasteiger partial charge in [-0.2, -0.15) is 0 Å². The van der Waals surface area contributed by atoms with Gasteiger partial charge >= 0.3 is 0 Å². The Morgan fingerprint density at radius 3 is 2.67 bits per heavy atom. The van der Waals surface area contributed by atoms with Gasteiger partial charge in [0, 0.05) is 19.5 Å². The molecule has 2 unspecified atom stereocenters. The van der Waals surface area contributed by atoms with Crippen molar-refractivity contribution in [2.75, 3.05) is 13.1 Å². The number of unbranched alkanes of at least 4 members (excludes halogenated alkanes) is 2. The second kappa shape index (κ2) is 7.39. The van der Waals surface area contributed by atoms with Crippen LogP contribution >= 0.6 is 0 Å². The van der Waals surface area contributed by atoms with Crippen molar-refractivity contribution < 1.29 is 9.59 Å². The number of nitrogens with one attached hydrogen (secondary N) is 1. The molecule has 1 rings (SSSR count). The molecule has 1 N–H and O–H groups in total. The van der Waals surface area contributed by atoms with Crippen molar-refractivity contribution in [3.05, 3.63) is 0 Å². The summed E-state index contributed by atoms with van der Waals surface area (Å²) in [5.41, 5.74) is 0. The summed E-state index contributed by atoms with van der Waals surface area (Å²) >= 11 is 0. The van der Waals surface area contributed by atoms with Crippen molar-refractivity contribution in [2.24, 2.45) is 5.92 Å². The Bertz CT molecular complexity index is 292. The first-order valence-electron chi connectivity index (χ1n) is 7.18.